The minimum absolute atomic E-state index is 0.213. The molecule has 0 fully saturated rings. The molecule has 19 heavy (non-hydrogen) atoms. The highest BCUT2D eigenvalue weighted by atomic mass is 32.1. The number of rotatable bonds is 8. The molecule has 0 saturated carbocycles. The molecule has 3 N–H and O–H groups in total. The Morgan fingerprint density at radius 2 is 2.11 bits per heavy atom. The first-order valence-electron chi connectivity index (χ1n) is 6.64. The summed E-state index contributed by atoms with van der Waals surface area (Å²) < 4.78 is 13.8. The number of thiocarbonyl (C=S) groups is 1. The molecule has 0 unspecified atom stereocenters. The predicted molar refractivity (Wildman–Crippen MR) is 83.2 cm³/mol. The quantitative estimate of drug-likeness (QED) is 0.720. The smallest absolute Gasteiger partial charge is 0.146 e. The Hall–Kier alpha value is -1.20. The van der Waals surface area contributed by atoms with Crippen molar-refractivity contribution in [2.45, 2.75) is 20.3 Å². The SMILES string of the molecule is CCCN(CC)CCNc1ccc(C(N)=S)cc1F. The van der Waals surface area contributed by atoms with Crippen molar-refractivity contribution in [1.29, 1.82) is 0 Å². The van der Waals surface area contributed by atoms with Gasteiger partial charge in [0, 0.05) is 18.7 Å². The second-order valence-electron chi connectivity index (χ2n) is 4.42. The third-order valence-electron chi connectivity index (χ3n) is 2.98. The van der Waals surface area contributed by atoms with E-state index in [0.717, 1.165) is 32.6 Å². The number of nitrogens with one attached hydrogen (secondary N) is 1. The number of hydrogen-bond donors (Lipinski definition) is 2. The summed E-state index contributed by atoms with van der Waals surface area (Å²) in [6.07, 6.45) is 1.13. The van der Waals surface area contributed by atoms with Gasteiger partial charge in [-0.25, -0.2) is 4.39 Å². The molecule has 0 heterocycles. The fraction of sp³-hybridized carbons (Fsp3) is 0.500. The summed E-state index contributed by atoms with van der Waals surface area (Å²) in [6, 6.07) is 4.78. The first-order valence-corrected chi connectivity index (χ1v) is 7.04. The van der Waals surface area contributed by atoms with Gasteiger partial charge in [0.2, 0.25) is 0 Å². The van der Waals surface area contributed by atoms with Crippen molar-refractivity contribution < 1.29 is 4.39 Å². The van der Waals surface area contributed by atoms with Crippen LogP contribution >= 0.6 is 12.2 Å². The molecule has 1 rings (SSSR count). The minimum Gasteiger partial charge on any atom is -0.389 e. The summed E-state index contributed by atoms with van der Waals surface area (Å²) in [4.78, 5) is 2.54. The average molecular weight is 283 g/mol. The number of anilines is 1. The van der Waals surface area contributed by atoms with E-state index in [4.69, 9.17) is 18.0 Å². The Labute approximate surface area is 120 Å². The van der Waals surface area contributed by atoms with Gasteiger partial charge in [0.15, 0.2) is 0 Å². The third-order valence-corrected chi connectivity index (χ3v) is 3.22. The molecule has 0 aromatic heterocycles. The molecule has 5 heteroatoms. The van der Waals surface area contributed by atoms with Gasteiger partial charge in [-0.15, -0.1) is 0 Å². The summed E-state index contributed by atoms with van der Waals surface area (Å²) in [5.41, 5.74) is 6.51. The fourth-order valence-electron chi connectivity index (χ4n) is 1.90. The standard InChI is InChI=1S/C14H22FN3S/c1-3-8-18(4-2)9-7-17-13-6-5-11(14(16)19)10-12(13)15/h5-6,10,17H,3-4,7-9H2,1-2H3,(H2,16,19). The van der Waals surface area contributed by atoms with Gasteiger partial charge in [-0.3, -0.25) is 0 Å². The monoisotopic (exact) mass is 283 g/mol. The van der Waals surface area contributed by atoms with Crippen LogP contribution in [0.2, 0.25) is 0 Å². The van der Waals surface area contributed by atoms with Crippen molar-refractivity contribution in [2.24, 2.45) is 5.73 Å². The molecule has 3 nitrogen and oxygen atoms in total. The van der Waals surface area contributed by atoms with E-state index in [1.807, 2.05) is 0 Å². The molecule has 0 amide bonds. The Morgan fingerprint density at radius 1 is 1.37 bits per heavy atom. The van der Waals surface area contributed by atoms with E-state index >= 15 is 0 Å². The zero-order valence-corrected chi connectivity index (χ0v) is 12.4. The maximum Gasteiger partial charge on any atom is 0.146 e. The summed E-state index contributed by atoms with van der Waals surface area (Å²) >= 11 is 4.82. The molecule has 0 atom stereocenters. The number of nitrogens with two attached hydrogens (primary N) is 1. The molecule has 1 aromatic rings. The highest BCUT2D eigenvalue weighted by Gasteiger charge is 2.05. The second kappa shape index (κ2) is 8.07. The van der Waals surface area contributed by atoms with E-state index in [1.54, 1.807) is 12.1 Å². The van der Waals surface area contributed by atoms with Crippen LogP contribution in [0.5, 0.6) is 0 Å². The molecule has 0 saturated heterocycles. The lowest BCUT2D eigenvalue weighted by Gasteiger charge is -2.20. The van der Waals surface area contributed by atoms with Crippen molar-refractivity contribution in [3.63, 3.8) is 0 Å². The van der Waals surface area contributed by atoms with E-state index in [0.29, 0.717) is 11.3 Å². The molecule has 1 aromatic carbocycles. The fourth-order valence-corrected chi connectivity index (χ4v) is 2.03. The Kier molecular flexibility index (Phi) is 6.73. The highest BCUT2D eigenvalue weighted by molar-refractivity contribution is 7.80. The van der Waals surface area contributed by atoms with Gasteiger partial charge in [0.05, 0.1) is 5.69 Å². The van der Waals surface area contributed by atoms with Gasteiger partial charge in [-0.05, 0) is 37.7 Å². The lowest BCUT2D eigenvalue weighted by atomic mass is 10.2. The van der Waals surface area contributed by atoms with Crippen molar-refractivity contribution in [2.75, 3.05) is 31.5 Å². The van der Waals surface area contributed by atoms with E-state index < -0.39 is 0 Å². The van der Waals surface area contributed by atoms with Crippen LogP contribution in [0.3, 0.4) is 0 Å². The summed E-state index contributed by atoms with van der Waals surface area (Å²) in [5, 5.41) is 3.10. The Balaban J connectivity index is 2.51. The number of halogens is 1. The Bertz CT molecular complexity index is 423. The first-order chi connectivity index (χ1) is 9.08. The van der Waals surface area contributed by atoms with E-state index in [2.05, 4.69) is 24.1 Å². The molecule has 0 aliphatic carbocycles. The van der Waals surface area contributed by atoms with Crippen molar-refractivity contribution in [3.8, 4) is 0 Å². The molecule has 0 bridgehead atoms. The predicted octanol–water partition coefficient (Wildman–Crippen LogP) is 2.60. The van der Waals surface area contributed by atoms with Crippen LogP contribution in [-0.2, 0) is 0 Å². The van der Waals surface area contributed by atoms with Crippen molar-refractivity contribution in [3.05, 3.63) is 29.6 Å². The highest BCUT2D eigenvalue weighted by Crippen LogP contribution is 2.15. The van der Waals surface area contributed by atoms with Crippen LogP contribution in [0.15, 0.2) is 18.2 Å². The normalized spacial score (nSPS) is 10.7. The van der Waals surface area contributed by atoms with Gasteiger partial charge < -0.3 is 16.0 Å². The van der Waals surface area contributed by atoms with Crippen LogP contribution in [0.4, 0.5) is 10.1 Å². The van der Waals surface area contributed by atoms with Crippen LogP contribution in [-0.4, -0.2) is 36.1 Å². The zero-order chi connectivity index (χ0) is 14.3. The number of benzene rings is 1. The van der Waals surface area contributed by atoms with E-state index in [1.165, 1.54) is 6.07 Å². The summed E-state index contributed by atoms with van der Waals surface area (Å²) in [7, 11) is 0. The Morgan fingerprint density at radius 3 is 2.63 bits per heavy atom. The average Bonchev–Trinajstić information content (AvgIpc) is 2.39. The lowest BCUT2D eigenvalue weighted by Crippen LogP contribution is -2.29. The van der Waals surface area contributed by atoms with Gasteiger partial charge in [-0.1, -0.05) is 26.1 Å². The lowest BCUT2D eigenvalue weighted by molar-refractivity contribution is 0.300. The molecule has 106 valence electrons. The molecule has 0 radical (unpaired) electrons. The summed E-state index contributed by atoms with van der Waals surface area (Å²) in [6.45, 7) is 7.99. The van der Waals surface area contributed by atoms with Crippen molar-refractivity contribution in [1.82, 2.24) is 4.90 Å². The second-order valence-corrected chi connectivity index (χ2v) is 4.86. The maximum absolute atomic E-state index is 13.8. The van der Waals surface area contributed by atoms with Gasteiger partial charge >= 0.3 is 0 Å². The summed E-state index contributed by atoms with van der Waals surface area (Å²) in [5.74, 6) is -0.316. The third kappa shape index (κ3) is 5.12. The molecule has 0 aliphatic heterocycles. The van der Waals surface area contributed by atoms with Crippen LogP contribution in [0.25, 0.3) is 0 Å². The van der Waals surface area contributed by atoms with E-state index in [9.17, 15) is 4.39 Å². The van der Waals surface area contributed by atoms with Gasteiger partial charge in [0.1, 0.15) is 10.8 Å². The minimum atomic E-state index is -0.316. The molecule has 0 aliphatic rings. The van der Waals surface area contributed by atoms with E-state index in [-0.39, 0.29) is 10.8 Å². The largest absolute Gasteiger partial charge is 0.389 e. The first kappa shape index (κ1) is 15.9. The number of likely N-dealkylation sites (N-methyl/N-ethyl adjacent to an activating group) is 1. The van der Waals surface area contributed by atoms with Crippen LogP contribution in [0.1, 0.15) is 25.8 Å². The van der Waals surface area contributed by atoms with Gasteiger partial charge in [0.25, 0.3) is 0 Å². The zero-order valence-electron chi connectivity index (χ0n) is 11.6. The number of nitrogens with zero attached hydrogens (tertiary/aromatic N) is 1. The van der Waals surface area contributed by atoms with Crippen molar-refractivity contribution >= 4 is 22.9 Å². The topological polar surface area (TPSA) is 41.3 Å². The van der Waals surface area contributed by atoms with Crippen LogP contribution < -0.4 is 11.1 Å². The number of hydrogen-bond acceptors (Lipinski definition) is 3. The van der Waals surface area contributed by atoms with Crippen LogP contribution in [0, 0.1) is 5.82 Å². The maximum atomic E-state index is 13.8. The van der Waals surface area contributed by atoms with Gasteiger partial charge in [-0.2, -0.15) is 0 Å². The molecular weight excluding hydrogens is 261 g/mol. The molecule has 0 spiro atoms. The molecular formula is C14H22FN3S.